The highest BCUT2D eigenvalue weighted by Crippen LogP contribution is 2.29. The Balaban J connectivity index is 1.63. The zero-order chi connectivity index (χ0) is 17.1. The molecule has 1 aromatic rings. The number of rotatable bonds is 5. The Labute approximate surface area is 141 Å². The first kappa shape index (κ1) is 16.5. The van der Waals surface area contributed by atoms with Gasteiger partial charge in [0.2, 0.25) is 5.91 Å². The number of hydrogen-bond donors (Lipinski definition) is 2. The third-order valence-electron chi connectivity index (χ3n) is 4.69. The Morgan fingerprint density at radius 3 is 2.92 bits per heavy atom. The van der Waals surface area contributed by atoms with E-state index in [4.69, 9.17) is 0 Å². The van der Waals surface area contributed by atoms with Gasteiger partial charge in [0.1, 0.15) is 12.6 Å². The van der Waals surface area contributed by atoms with Crippen molar-refractivity contribution in [2.45, 2.75) is 51.1 Å². The molecule has 1 saturated heterocycles. The van der Waals surface area contributed by atoms with Crippen LogP contribution in [-0.2, 0) is 16.0 Å². The van der Waals surface area contributed by atoms with E-state index in [1.807, 2.05) is 25.1 Å². The van der Waals surface area contributed by atoms with Crippen LogP contribution in [0.15, 0.2) is 24.3 Å². The molecule has 0 unspecified atom stereocenters. The van der Waals surface area contributed by atoms with Crippen molar-refractivity contribution in [3.8, 4) is 0 Å². The lowest BCUT2D eigenvalue weighted by atomic mass is 9.88. The second-order valence-corrected chi connectivity index (χ2v) is 6.43. The summed E-state index contributed by atoms with van der Waals surface area (Å²) < 4.78 is 0. The van der Waals surface area contributed by atoms with E-state index < -0.39 is 12.1 Å². The van der Waals surface area contributed by atoms with Crippen LogP contribution in [0.25, 0.3) is 0 Å². The molecular weight excluding hydrogens is 306 g/mol. The summed E-state index contributed by atoms with van der Waals surface area (Å²) in [6, 6.07) is 7.07. The number of imide groups is 1. The van der Waals surface area contributed by atoms with E-state index >= 15 is 0 Å². The van der Waals surface area contributed by atoms with Crippen LogP contribution in [0.1, 0.15) is 49.8 Å². The molecule has 1 aliphatic heterocycles. The second-order valence-electron chi connectivity index (χ2n) is 6.43. The van der Waals surface area contributed by atoms with Gasteiger partial charge in [-0.2, -0.15) is 0 Å². The summed E-state index contributed by atoms with van der Waals surface area (Å²) in [6.07, 6.45) is 4.31. The predicted octanol–water partition coefficient (Wildman–Crippen LogP) is 1.90. The monoisotopic (exact) mass is 329 g/mol. The van der Waals surface area contributed by atoms with Gasteiger partial charge in [0.05, 0.1) is 6.04 Å². The predicted molar refractivity (Wildman–Crippen MR) is 89.2 cm³/mol. The zero-order valence-corrected chi connectivity index (χ0v) is 13.9. The Hall–Kier alpha value is -2.37. The summed E-state index contributed by atoms with van der Waals surface area (Å²) >= 11 is 0. The maximum absolute atomic E-state index is 12.3. The lowest BCUT2D eigenvalue weighted by Crippen LogP contribution is -2.42. The van der Waals surface area contributed by atoms with E-state index in [9.17, 15) is 14.4 Å². The van der Waals surface area contributed by atoms with E-state index in [1.54, 1.807) is 0 Å². The number of carbonyl (C=O) groups excluding carboxylic acids is 3. The molecule has 6 heteroatoms. The van der Waals surface area contributed by atoms with Crippen molar-refractivity contribution in [1.29, 1.82) is 0 Å². The number of aryl methyl sites for hydroxylation is 1. The van der Waals surface area contributed by atoms with Gasteiger partial charge < -0.3 is 10.6 Å². The fraction of sp³-hybridized carbons (Fsp3) is 0.500. The van der Waals surface area contributed by atoms with Gasteiger partial charge in [-0.3, -0.25) is 14.5 Å². The fourth-order valence-corrected chi connectivity index (χ4v) is 3.50. The molecule has 1 fully saturated rings. The van der Waals surface area contributed by atoms with Crippen LogP contribution < -0.4 is 10.6 Å². The topological polar surface area (TPSA) is 78.5 Å². The van der Waals surface area contributed by atoms with E-state index in [0.29, 0.717) is 6.42 Å². The maximum Gasteiger partial charge on any atom is 0.325 e. The highest BCUT2D eigenvalue weighted by molar-refractivity contribution is 6.06. The molecular formula is C18H23N3O3. The molecule has 0 bridgehead atoms. The molecule has 2 atom stereocenters. The Morgan fingerprint density at radius 1 is 1.33 bits per heavy atom. The quantitative estimate of drug-likeness (QED) is 0.810. The minimum Gasteiger partial charge on any atom is -0.348 e. The van der Waals surface area contributed by atoms with Gasteiger partial charge in [0, 0.05) is 0 Å². The van der Waals surface area contributed by atoms with Crippen molar-refractivity contribution in [2.75, 3.05) is 6.54 Å². The summed E-state index contributed by atoms with van der Waals surface area (Å²) in [5.41, 5.74) is 2.39. The Bertz CT molecular complexity index is 659. The molecule has 6 nitrogen and oxygen atoms in total. The number of nitrogens with zero attached hydrogens (tertiary/aromatic N) is 1. The molecule has 1 heterocycles. The smallest absolute Gasteiger partial charge is 0.325 e. The molecule has 4 amide bonds. The fourth-order valence-electron chi connectivity index (χ4n) is 3.50. The standard InChI is InChI=1S/C18H23N3O3/c1-2-6-15-17(23)21(18(24)20-15)11-16(22)19-14-10-5-8-12-7-3-4-9-13(12)14/h3-4,7,9,14-15H,2,5-6,8,10-11H2,1H3,(H,19,22)(H,20,24)/t14-,15-/m0/s1. The summed E-state index contributed by atoms with van der Waals surface area (Å²) in [5, 5.41) is 5.61. The first-order valence-electron chi connectivity index (χ1n) is 8.59. The highest BCUT2D eigenvalue weighted by Gasteiger charge is 2.38. The largest absolute Gasteiger partial charge is 0.348 e. The zero-order valence-electron chi connectivity index (χ0n) is 13.9. The van der Waals surface area contributed by atoms with Crippen LogP contribution in [0.4, 0.5) is 4.79 Å². The maximum atomic E-state index is 12.3. The summed E-state index contributed by atoms with van der Waals surface area (Å²) in [7, 11) is 0. The van der Waals surface area contributed by atoms with Gasteiger partial charge >= 0.3 is 6.03 Å². The van der Waals surface area contributed by atoms with Crippen LogP contribution in [0.5, 0.6) is 0 Å². The Kier molecular flexibility index (Phi) is 4.83. The lowest BCUT2D eigenvalue weighted by molar-refractivity contribution is -0.132. The number of amides is 4. The normalized spacial score (nSPS) is 23.0. The van der Waals surface area contributed by atoms with Crippen molar-refractivity contribution in [3.63, 3.8) is 0 Å². The van der Waals surface area contributed by atoms with E-state index in [-0.39, 0.29) is 24.4 Å². The molecule has 2 aliphatic rings. The highest BCUT2D eigenvalue weighted by atomic mass is 16.2. The van der Waals surface area contributed by atoms with Gasteiger partial charge in [-0.05, 0) is 36.8 Å². The number of hydrogen-bond acceptors (Lipinski definition) is 3. The summed E-state index contributed by atoms with van der Waals surface area (Å²) in [6.45, 7) is 1.73. The number of urea groups is 1. The molecule has 0 radical (unpaired) electrons. The van der Waals surface area contributed by atoms with Crippen molar-refractivity contribution in [3.05, 3.63) is 35.4 Å². The first-order valence-corrected chi connectivity index (χ1v) is 8.59. The van der Waals surface area contributed by atoms with E-state index in [0.717, 1.165) is 36.1 Å². The third kappa shape index (κ3) is 3.27. The first-order chi connectivity index (χ1) is 11.6. The van der Waals surface area contributed by atoms with Crippen molar-refractivity contribution in [1.82, 2.24) is 15.5 Å². The molecule has 0 spiro atoms. The van der Waals surface area contributed by atoms with Crippen molar-refractivity contribution >= 4 is 17.8 Å². The van der Waals surface area contributed by atoms with Crippen LogP contribution in [-0.4, -0.2) is 35.3 Å². The minimum absolute atomic E-state index is 0.0466. The minimum atomic E-state index is -0.495. The summed E-state index contributed by atoms with van der Waals surface area (Å²) in [4.78, 5) is 37.5. The van der Waals surface area contributed by atoms with Gasteiger partial charge in [-0.15, -0.1) is 0 Å². The van der Waals surface area contributed by atoms with Gasteiger partial charge in [-0.25, -0.2) is 4.79 Å². The molecule has 2 N–H and O–H groups in total. The van der Waals surface area contributed by atoms with Crippen LogP contribution >= 0.6 is 0 Å². The Morgan fingerprint density at radius 2 is 2.12 bits per heavy atom. The molecule has 128 valence electrons. The number of fused-ring (bicyclic) bond motifs is 1. The average molecular weight is 329 g/mol. The summed E-state index contributed by atoms with van der Waals surface area (Å²) in [5.74, 6) is -0.599. The van der Waals surface area contributed by atoms with Gasteiger partial charge in [-0.1, -0.05) is 37.6 Å². The van der Waals surface area contributed by atoms with Crippen LogP contribution in [0.2, 0.25) is 0 Å². The average Bonchev–Trinajstić information content (AvgIpc) is 2.83. The number of nitrogens with one attached hydrogen (secondary N) is 2. The van der Waals surface area contributed by atoms with Crippen LogP contribution in [0.3, 0.4) is 0 Å². The van der Waals surface area contributed by atoms with Crippen molar-refractivity contribution < 1.29 is 14.4 Å². The van der Waals surface area contributed by atoms with Crippen molar-refractivity contribution in [2.24, 2.45) is 0 Å². The molecule has 1 aliphatic carbocycles. The molecule has 1 aromatic carbocycles. The number of benzene rings is 1. The molecule has 0 aromatic heterocycles. The van der Waals surface area contributed by atoms with Crippen LogP contribution in [0, 0.1) is 0 Å². The third-order valence-corrected chi connectivity index (χ3v) is 4.69. The van der Waals surface area contributed by atoms with Gasteiger partial charge in [0.15, 0.2) is 0 Å². The van der Waals surface area contributed by atoms with E-state index in [1.165, 1.54) is 5.56 Å². The molecule has 3 rings (SSSR count). The second kappa shape index (κ2) is 7.03. The van der Waals surface area contributed by atoms with Gasteiger partial charge in [0.25, 0.3) is 5.91 Å². The van der Waals surface area contributed by atoms with E-state index in [2.05, 4.69) is 16.7 Å². The number of carbonyl (C=O) groups is 3. The SMILES string of the molecule is CCC[C@@H]1NC(=O)N(CC(=O)N[C@H]2CCCc3ccccc32)C1=O. The molecule has 0 saturated carbocycles. The molecule has 24 heavy (non-hydrogen) atoms. The lowest BCUT2D eigenvalue weighted by Gasteiger charge is -2.27.